The van der Waals surface area contributed by atoms with Gasteiger partial charge in [0, 0.05) is 45.8 Å². The number of ketones is 1. The van der Waals surface area contributed by atoms with Crippen molar-refractivity contribution in [3.63, 3.8) is 0 Å². The number of nitrogens with two attached hydrogens (primary N) is 1. The Balaban J connectivity index is 0.000000263. The molecule has 3 amide bonds. The average molecular weight is 1460 g/mol. The number of rotatable bonds is 35. The Morgan fingerprint density at radius 3 is 1.55 bits per heavy atom. The number of nitrogens with one attached hydrogen (secondary N) is 4. The highest BCUT2D eigenvalue weighted by Crippen LogP contribution is 2.28. The van der Waals surface area contributed by atoms with E-state index >= 15 is 0 Å². The molecular weight excluding hydrogens is 1360 g/mol. The van der Waals surface area contributed by atoms with Gasteiger partial charge in [0.25, 0.3) is 20.0 Å². The van der Waals surface area contributed by atoms with Gasteiger partial charge in [-0.25, -0.2) is 31.2 Å². The topological polar surface area (TPSA) is 344 Å². The number of sulfonamides is 2. The summed E-state index contributed by atoms with van der Waals surface area (Å²) >= 11 is 0. The number of quaternary nitrogens is 2. The number of hydrogen-bond acceptors (Lipinski definition) is 20. The van der Waals surface area contributed by atoms with Crippen LogP contribution in [0, 0.1) is 0 Å². The number of methoxy groups -OCH3 is 2. The van der Waals surface area contributed by atoms with Gasteiger partial charge in [-0.2, -0.15) is 0 Å². The molecule has 0 spiro atoms. The highest BCUT2D eigenvalue weighted by Gasteiger charge is 2.38. The third-order valence-corrected chi connectivity index (χ3v) is 18.7. The van der Waals surface area contributed by atoms with Crippen LogP contribution in [-0.4, -0.2) is 221 Å². The molecule has 102 heavy (non-hydrogen) atoms. The van der Waals surface area contributed by atoms with Crippen molar-refractivity contribution in [3.8, 4) is 33.8 Å². The molecule has 2 aliphatic heterocycles. The van der Waals surface area contributed by atoms with Crippen LogP contribution in [0.15, 0.2) is 168 Å². The van der Waals surface area contributed by atoms with E-state index in [0.717, 1.165) is 84.9 Å². The molecule has 28 nitrogen and oxygen atoms in total. The summed E-state index contributed by atoms with van der Waals surface area (Å²) in [6.45, 7) is 16.8. The van der Waals surface area contributed by atoms with E-state index < -0.39 is 55.9 Å². The van der Waals surface area contributed by atoms with Crippen molar-refractivity contribution in [2.45, 2.75) is 81.3 Å². The number of alkyl carbamates (subject to hydrolysis) is 2. The van der Waals surface area contributed by atoms with Gasteiger partial charge in [-0.05, 0) is 122 Å². The number of aliphatic hydroxyl groups excluding tert-OH is 1. The second-order valence-corrected chi connectivity index (χ2v) is 27.9. The van der Waals surface area contributed by atoms with Crippen molar-refractivity contribution in [3.05, 3.63) is 169 Å². The molecule has 0 radical (unpaired) electrons. The van der Waals surface area contributed by atoms with Gasteiger partial charge in [0.1, 0.15) is 69.1 Å². The van der Waals surface area contributed by atoms with Crippen LogP contribution in [0.4, 0.5) is 14.4 Å². The Labute approximate surface area is 597 Å². The lowest BCUT2D eigenvalue weighted by atomic mass is 10.1. The van der Waals surface area contributed by atoms with Crippen LogP contribution in [0.25, 0.3) is 22.3 Å². The zero-order valence-electron chi connectivity index (χ0n) is 58.7. The minimum absolute atomic E-state index is 0.0306. The van der Waals surface area contributed by atoms with Gasteiger partial charge in [-0.15, -0.1) is 0 Å². The number of amides is 3. The fourth-order valence-corrected chi connectivity index (χ4v) is 12.3. The third-order valence-electron chi connectivity index (χ3n) is 15.7. The minimum Gasteiger partial charge on any atom is -0.497 e. The largest absolute Gasteiger partial charge is 0.497 e. The standard InChI is InChI=1S/C33H42N4O9S.C26H37N3O7S.C13H17NO4/c1-43-29-11-7-27(8-12-29)28-9-13-30(14-10-28)47(41,42)37(46-24-23-44-22-21-36-19-17-34-18-20-36)31(32(38)39)15-16-35-33(40)45-25-26-5-3-2-4-6-26;1-26(2,3)36-25(30)29-15-13-28(14-16-29)17-18-34-19-20-35-27-37(31,32)24-11-7-22(8-12-24)21-5-9-23(33-4)10-6-21;1-10(15)12(16)7-8-14-13(17)18-9-11-5-3-2-4-6-11/h2-14,31,34H,15-25H2,1H3,(H,35,40)(H,38,39);5-12,27H,13-20H2,1-4H3;2-6,12,16H,7-9H2,1H3,(H,14,17)/p+2/t31-;;12-/m1.0/s1. The first-order chi connectivity index (χ1) is 48.9. The summed E-state index contributed by atoms with van der Waals surface area (Å²) in [6.07, 6.45) is -2.72. The van der Waals surface area contributed by atoms with Crippen molar-refractivity contribution in [1.29, 1.82) is 0 Å². The maximum atomic E-state index is 13.9. The first kappa shape index (κ1) is 82.3. The SMILES string of the molecule is CC(=O)[C@@H](O)CCNC(=O)OCc1ccccc1.COc1ccc(-c2ccc(S(=O)(=O)N(OCCOCC[NH+]3CC[NH2+]CC3)[C@H](CCNC(=O)OCc3ccccc3)C(=O)O)cc2)cc1.COc1ccc(-c2ccc(S(=O)(=O)NOCCOCCN3CCN(C(=O)OC(C)(C)C)CC3)cc2)cc1. The zero-order valence-corrected chi connectivity index (χ0v) is 60.3. The van der Waals surface area contributed by atoms with Crippen LogP contribution in [0.1, 0.15) is 51.7 Å². The van der Waals surface area contributed by atoms with E-state index in [9.17, 15) is 51.0 Å². The fourth-order valence-electron chi connectivity index (χ4n) is 10.0. The van der Waals surface area contributed by atoms with E-state index in [1.807, 2.05) is 106 Å². The molecule has 2 atom stereocenters. The molecule has 30 heteroatoms. The molecule has 2 fully saturated rings. The molecule has 6 aromatic rings. The molecule has 0 unspecified atom stereocenters. The van der Waals surface area contributed by atoms with Crippen LogP contribution in [0.3, 0.4) is 0 Å². The van der Waals surface area contributed by atoms with Crippen molar-refractivity contribution >= 4 is 50.1 Å². The van der Waals surface area contributed by atoms with Crippen LogP contribution in [0.5, 0.6) is 11.5 Å². The van der Waals surface area contributed by atoms with E-state index in [4.69, 9.17) is 42.8 Å². The van der Waals surface area contributed by atoms with Crippen LogP contribution < -0.4 is 35.2 Å². The highest BCUT2D eigenvalue weighted by atomic mass is 32.2. The van der Waals surface area contributed by atoms with E-state index in [1.54, 1.807) is 67.7 Å². The van der Waals surface area contributed by atoms with E-state index in [-0.39, 0.29) is 87.2 Å². The monoisotopic (exact) mass is 1460 g/mol. The van der Waals surface area contributed by atoms with Gasteiger partial charge in [0.2, 0.25) is 0 Å². The Hall–Kier alpha value is -8.63. The zero-order chi connectivity index (χ0) is 73.8. The Bertz CT molecular complexity index is 3700. The van der Waals surface area contributed by atoms with E-state index in [2.05, 4.69) is 25.7 Å². The van der Waals surface area contributed by atoms with Gasteiger partial charge in [-0.3, -0.25) is 24.2 Å². The fraction of sp³-hybridized carbons (Fsp3) is 0.431. The first-order valence-corrected chi connectivity index (χ1v) is 36.5. The van der Waals surface area contributed by atoms with Crippen LogP contribution >= 0.6 is 0 Å². The highest BCUT2D eigenvalue weighted by molar-refractivity contribution is 7.89. The molecule has 2 saturated heterocycles. The second-order valence-electron chi connectivity index (χ2n) is 24.5. The molecule has 2 aliphatic rings. The maximum Gasteiger partial charge on any atom is 0.410 e. The number of aliphatic carboxylic acids is 1. The summed E-state index contributed by atoms with van der Waals surface area (Å²) < 4.78 is 90.3. The van der Waals surface area contributed by atoms with E-state index in [0.29, 0.717) is 43.1 Å². The van der Waals surface area contributed by atoms with Gasteiger partial charge in [0.15, 0.2) is 11.8 Å². The lowest BCUT2D eigenvalue weighted by molar-refractivity contribution is -0.947. The molecule has 8 N–H and O–H groups in total. The summed E-state index contributed by atoms with van der Waals surface area (Å²) in [5, 5.41) is 26.6. The number of carbonyl (C=O) groups excluding carboxylic acids is 4. The van der Waals surface area contributed by atoms with Gasteiger partial charge >= 0.3 is 24.2 Å². The number of hydroxylamine groups is 1. The van der Waals surface area contributed by atoms with Crippen LogP contribution in [0.2, 0.25) is 0 Å². The first-order valence-electron chi connectivity index (χ1n) is 33.6. The molecular formula is C72H98N8O20S2+2. The van der Waals surface area contributed by atoms with E-state index in [1.165, 1.54) is 36.1 Å². The van der Waals surface area contributed by atoms with Gasteiger partial charge in [0.05, 0.1) is 63.7 Å². The number of piperazine rings is 2. The minimum atomic E-state index is -4.46. The summed E-state index contributed by atoms with van der Waals surface area (Å²) in [6, 6.07) is 44.2. The van der Waals surface area contributed by atoms with Crippen molar-refractivity contribution in [2.24, 2.45) is 0 Å². The van der Waals surface area contributed by atoms with Gasteiger partial charge in [-0.1, -0.05) is 119 Å². The molecule has 2 heterocycles. The Morgan fingerprint density at radius 1 is 0.598 bits per heavy atom. The normalized spacial score (nSPS) is 14.1. The van der Waals surface area contributed by atoms with Crippen molar-refractivity contribution in [1.82, 2.24) is 29.8 Å². The molecule has 0 bridgehead atoms. The van der Waals surface area contributed by atoms with Gasteiger partial charge < -0.3 is 69.1 Å². The molecule has 0 saturated carbocycles. The average Bonchev–Trinajstić information content (AvgIpc) is 0.793. The number of aliphatic hydroxyl groups is 1. The van der Waals surface area contributed by atoms with Crippen molar-refractivity contribution < 1.29 is 104 Å². The molecule has 0 aromatic heterocycles. The summed E-state index contributed by atoms with van der Waals surface area (Å²) in [5.74, 6) is -0.301. The predicted octanol–water partition coefficient (Wildman–Crippen LogP) is 4.93. The summed E-state index contributed by atoms with van der Waals surface area (Å²) in [7, 11) is -5.08. The Morgan fingerprint density at radius 2 is 1.07 bits per heavy atom. The quantitative estimate of drug-likeness (QED) is 0.0158. The summed E-state index contributed by atoms with van der Waals surface area (Å²) in [4.78, 5) is 77.0. The molecule has 6 aromatic carbocycles. The number of benzene rings is 6. The number of carboxylic acid groups (broad SMARTS) is 1. The number of Topliss-reactive ketones (excluding diaryl/α,β-unsaturated/α-hetero) is 1. The number of ether oxygens (including phenoxy) is 7. The summed E-state index contributed by atoms with van der Waals surface area (Å²) in [5.41, 5.74) is 4.63. The number of hydrogen-bond donors (Lipinski definition) is 7. The third kappa shape index (κ3) is 29.8. The predicted molar refractivity (Wildman–Crippen MR) is 378 cm³/mol. The molecule has 556 valence electrons. The lowest BCUT2D eigenvalue weighted by Crippen LogP contribution is -3.20. The number of carboxylic acids is 1. The Kier molecular flexibility index (Phi) is 35.0. The second kappa shape index (κ2) is 43.4. The molecule has 0 aliphatic carbocycles. The lowest BCUT2D eigenvalue weighted by Gasteiger charge is -2.35. The van der Waals surface area contributed by atoms with Crippen molar-refractivity contribution in [2.75, 3.05) is 132 Å². The number of nitrogens with zero attached hydrogens (tertiary/aromatic N) is 3. The molecule has 8 rings (SSSR count). The van der Waals surface area contributed by atoms with Crippen LogP contribution in [-0.2, 0) is 76.2 Å². The maximum absolute atomic E-state index is 13.9. The smallest absolute Gasteiger partial charge is 0.410 e. The number of carbonyl (C=O) groups is 5.